The average Bonchev–Trinajstić information content (AvgIpc) is 3.29. The molecule has 0 bridgehead atoms. The SMILES string of the molecule is c1ccc(CN2CCN(c3nc(N4CCCC4)nc4c3SCCC4)CC2)cc1. The standard InChI is InChI=1S/C22H29N5S/c1-2-7-18(8-3-1)17-25-12-14-26(15-13-25)21-20-19(9-6-16-28-20)23-22(24-21)27-10-4-5-11-27/h1-3,7-8H,4-6,9-17H2. The van der Waals surface area contributed by atoms with Crippen LogP contribution in [0.2, 0.25) is 0 Å². The molecule has 148 valence electrons. The summed E-state index contributed by atoms with van der Waals surface area (Å²) >= 11 is 1.96. The first-order chi connectivity index (χ1) is 13.9. The van der Waals surface area contributed by atoms with Crippen molar-refractivity contribution in [3.63, 3.8) is 0 Å². The second-order valence-corrected chi connectivity index (χ2v) is 9.12. The molecule has 0 unspecified atom stereocenters. The molecular formula is C22H29N5S. The van der Waals surface area contributed by atoms with Crippen molar-refractivity contribution in [2.45, 2.75) is 37.1 Å². The van der Waals surface area contributed by atoms with E-state index in [1.807, 2.05) is 11.8 Å². The van der Waals surface area contributed by atoms with Gasteiger partial charge in [0, 0.05) is 45.8 Å². The Hall–Kier alpha value is -1.79. The van der Waals surface area contributed by atoms with E-state index in [-0.39, 0.29) is 0 Å². The van der Waals surface area contributed by atoms with Crippen LogP contribution in [0.3, 0.4) is 0 Å². The van der Waals surface area contributed by atoms with Crippen molar-refractivity contribution in [3.05, 3.63) is 41.6 Å². The summed E-state index contributed by atoms with van der Waals surface area (Å²) in [6, 6.07) is 10.8. The van der Waals surface area contributed by atoms with Crippen LogP contribution in [0, 0.1) is 0 Å². The van der Waals surface area contributed by atoms with Crippen LogP contribution in [-0.4, -0.2) is 59.9 Å². The number of aryl methyl sites for hydroxylation is 1. The number of hydrogen-bond acceptors (Lipinski definition) is 6. The van der Waals surface area contributed by atoms with Crippen molar-refractivity contribution in [3.8, 4) is 0 Å². The Bertz CT molecular complexity index is 798. The number of hydrogen-bond donors (Lipinski definition) is 0. The Morgan fingerprint density at radius 1 is 0.821 bits per heavy atom. The Balaban J connectivity index is 1.33. The molecule has 2 aromatic rings. The fraction of sp³-hybridized carbons (Fsp3) is 0.545. The van der Waals surface area contributed by atoms with Crippen LogP contribution in [-0.2, 0) is 13.0 Å². The number of thioether (sulfide) groups is 1. The highest BCUT2D eigenvalue weighted by atomic mass is 32.2. The lowest BCUT2D eigenvalue weighted by Crippen LogP contribution is -2.46. The number of aromatic nitrogens is 2. The monoisotopic (exact) mass is 395 g/mol. The molecule has 2 fully saturated rings. The van der Waals surface area contributed by atoms with Gasteiger partial charge in [-0.3, -0.25) is 4.90 Å². The minimum absolute atomic E-state index is 0.973. The zero-order chi connectivity index (χ0) is 18.8. The van der Waals surface area contributed by atoms with E-state index in [1.165, 1.54) is 47.0 Å². The maximum absolute atomic E-state index is 5.10. The lowest BCUT2D eigenvalue weighted by atomic mass is 10.2. The van der Waals surface area contributed by atoms with Crippen LogP contribution < -0.4 is 9.80 Å². The van der Waals surface area contributed by atoms with Gasteiger partial charge in [0.05, 0.1) is 10.6 Å². The summed E-state index contributed by atoms with van der Waals surface area (Å²) in [6.07, 6.45) is 4.87. The lowest BCUT2D eigenvalue weighted by Gasteiger charge is -2.37. The predicted octanol–water partition coefficient (Wildman–Crippen LogP) is 3.44. The zero-order valence-electron chi connectivity index (χ0n) is 16.5. The first-order valence-electron chi connectivity index (χ1n) is 10.7. The number of anilines is 2. The second kappa shape index (κ2) is 8.29. The number of piperazine rings is 1. The molecule has 0 aliphatic carbocycles. The van der Waals surface area contributed by atoms with Gasteiger partial charge < -0.3 is 9.80 Å². The van der Waals surface area contributed by atoms with Gasteiger partial charge in [0.2, 0.25) is 5.95 Å². The molecule has 1 aromatic heterocycles. The van der Waals surface area contributed by atoms with Crippen molar-refractivity contribution in [2.75, 3.05) is 54.8 Å². The summed E-state index contributed by atoms with van der Waals surface area (Å²) in [5, 5.41) is 0. The van der Waals surface area contributed by atoms with Crippen molar-refractivity contribution < 1.29 is 0 Å². The van der Waals surface area contributed by atoms with Crippen LogP contribution >= 0.6 is 11.8 Å². The van der Waals surface area contributed by atoms with Gasteiger partial charge in [-0.2, -0.15) is 4.98 Å². The number of benzene rings is 1. The summed E-state index contributed by atoms with van der Waals surface area (Å²) in [6.45, 7) is 7.55. The Kier molecular flexibility index (Phi) is 5.41. The van der Waals surface area contributed by atoms with Crippen LogP contribution in [0.5, 0.6) is 0 Å². The summed E-state index contributed by atoms with van der Waals surface area (Å²) in [5.41, 5.74) is 2.69. The third kappa shape index (κ3) is 3.85. The molecule has 0 saturated carbocycles. The first kappa shape index (κ1) is 18.3. The molecule has 0 amide bonds. The molecule has 0 atom stereocenters. The van der Waals surface area contributed by atoms with Gasteiger partial charge in [-0.05, 0) is 37.0 Å². The van der Waals surface area contributed by atoms with Crippen molar-refractivity contribution in [1.29, 1.82) is 0 Å². The molecule has 5 nitrogen and oxygen atoms in total. The van der Waals surface area contributed by atoms with E-state index >= 15 is 0 Å². The fourth-order valence-corrected chi connectivity index (χ4v) is 5.55. The fourth-order valence-electron chi connectivity index (χ4n) is 4.43. The molecule has 3 aliphatic heterocycles. The minimum atomic E-state index is 0.973. The van der Waals surface area contributed by atoms with E-state index in [4.69, 9.17) is 9.97 Å². The summed E-state index contributed by atoms with van der Waals surface area (Å²) in [4.78, 5) is 18.9. The van der Waals surface area contributed by atoms with Crippen LogP contribution in [0.25, 0.3) is 0 Å². The third-order valence-corrected chi connectivity index (χ3v) is 7.22. The summed E-state index contributed by atoms with van der Waals surface area (Å²) < 4.78 is 0. The molecule has 6 heteroatoms. The Morgan fingerprint density at radius 3 is 2.39 bits per heavy atom. The molecule has 5 rings (SSSR count). The lowest BCUT2D eigenvalue weighted by molar-refractivity contribution is 0.249. The molecule has 0 spiro atoms. The van der Waals surface area contributed by atoms with E-state index < -0.39 is 0 Å². The average molecular weight is 396 g/mol. The van der Waals surface area contributed by atoms with E-state index in [9.17, 15) is 0 Å². The largest absolute Gasteiger partial charge is 0.353 e. The molecule has 4 heterocycles. The van der Waals surface area contributed by atoms with Crippen molar-refractivity contribution >= 4 is 23.5 Å². The van der Waals surface area contributed by atoms with Crippen LogP contribution in [0.15, 0.2) is 35.2 Å². The second-order valence-electron chi connectivity index (χ2n) is 8.02. The van der Waals surface area contributed by atoms with Gasteiger partial charge in [0.15, 0.2) is 0 Å². The Morgan fingerprint density at radius 2 is 1.61 bits per heavy atom. The maximum atomic E-state index is 5.10. The van der Waals surface area contributed by atoms with Gasteiger partial charge >= 0.3 is 0 Å². The van der Waals surface area contributed by atoms with Crippen molar-refractivity contribution in [2.24, 2.45) is 0 Å². The molecule has 28 heavy (non-hydrogen) atoms. The highest BCUT2D eigenvalue weighted by Gasteiger charge is 2.27. The first-order valence-corrected chi connectivity index (χ1v) is 11.7. The molecule has 0 radical (unpaired) electrons. The van der Waals surface area contributed by atoms with Gasteiger partial charge in [-0.15, -0.1) is 11.8 Å². The smallest absolute Gasteiger partial charge is 0.227 e. The number of rotatable bonds is 4. The van der Waals surface area contributed by atoms with Gasteiger partial charge in [-0.25, -0.2) is 4.98 Å². The van der Waals surface area contributed by atoms with Gasteiger partial charge in [0.1, 0.15) is 5.82 Å². The summed E-state index contributed by atoms with van der Waals surface area (Å²) in [7, 11) is 0. The normalized spacial score (nSPS) is 20.4. The van der Waals surface area contributed by atoms with E-state index in [2.05, 4.69) is 45.0 Å². The highest BCUT2D eigenvalue weighted by molar-refractivity contribution is 7.99. The number of fused-ring (bicyclic) bond motifs is 1. The zero-order valence-corrected chi connectivity index (χ0v) is 17.3. The van der Waals surface area contributed by atoms with Crippen LogP contribution in [0.1, 0.15) is 30.5 Å². The Labute approximate surface area is 172 Å². The molecule has 2 saturated heterocycles. The topological polar surface area (TPSA) is 35.5 Å². The molecule has 3 aliphatic rings. The molecule has 1 aromatic carbocycles. The quantitative estimate of drug-likeness (QED) is 0.789. The summed E-state index contributed by atoms with van der Waals surface area (Å²) in [5.74, 6) is 3.37. The van der Waals surface area contributed by atoms with E-state index in [0.29, 0.717) is 0 Å². The highest BCUT2D eigenvalue weighted by Crippen LogP contribution is 2.38. The van der Waals surface area contributed by atoms with Crippen LogP contribution in [0.4, 0.5) is 11.8 Å². The maximum Gasteiger partial charge on any atom is 0.227 e. The van der Waals surface area contributed by atoms with E-state index in [1.54, 1.807) is 0 Å². The third-order valence-electron chi connectivity index (χ3n) is 6.02. The van der Waals surface area contributed by atoms with Gasteiger partial charge in [-0.1, -0.05) is 30.3 Å². The minimum Gasteiger partial charge on any atom is -0.353 e. The predicted molar refractivity (Wildman–Crippen MR) is 116 cm³/mol. The molecule has 0 N–H and O–H groups in total. The van der Waals surface area contributed by atoms with Gasteiger partial charge in [0.25, 0.3) is 0 Å². The van der Waals surface area contributed by atoms with E-state index in [0.717, 1.165) is 58.2 Å². The molecular weight excluding hydrogens is 366 g/mol. The number of nitrogens with zero attached hydrogens (tertiary/aromatic N) is 5. The van der Waals surface area contributed by atoms with Crippen molar-refractivity contribution in [1.82, 2.24) is 14.9 Å².